The van der Waals surface area contributed by atoms with Crippen molar-refractivity contribution in [3.63, 3.8) is 0 Å². The van der Waals surface area contributed by atoms with Crippen LogP contribution in [0.3, 0.4) is 0 Å². The van der Waals surface area contributed by atoms with E-state index in [2.05, 4.69) is 43.1 Å². The molecule has 0 fully saturated rings. The average molecular weight is 404 g/mol. The fraction of sp³-hybridized carbons (Fsp3) is 0.393. The van der Waals surface area contributed by atoms with Crippen LogP contribution in [-0.2, 0) is 12.8 Å². The van der Waals surface area contributed by atoms with Crippen molar-refractivity contribution in [1.82, 2.24) is 4.98 Å². The summed E-state index contributed by atoms with van der Waals surface area (Å²) in [6.45, 7) is 4.36. The molecule has 1 heterocycles. The van der Waals surface area contributed by atoms with E-state index in [1.165, 1.54) is 44.1 Å². The Balaban J connectivity index is 1.59. The molecule has 0 aliphatic rings. The number of nitrogens with zero attached hydrogens (tertiary/aromatic N) is 1. The van der Waals surface area contributed by atoms with Gasteiger partial charge in [0, 0.05) is 17.3 Å². The van der Waals surface area contributed by atoms with Crippen molar-refractivity contribution in [3.8, 4) is 22.4 Å². The SMILES string of the molecule is CCCCCCCCc1ccc(-c2ccc(-c3ccc(CCC)cc3F)nc2)cc1. The molecule has 2 heteroatoms. The van der Waals surface area contributed by atoms with Crippen LogP contribution >= 0.6 is 0 Å². The Kier molecular flexibility index (Phi) is 8.62. The van der Waals surface area contributed by atoms with Crippen molar-refractivity contribution in [2.45, 2.75) is 71.6 Å². The lowest BCUT2D eigenvalue weighted by molar-refractivity contribution is 0.607. The van der Waals surface area contributed by atoms with E-state index in [-0.39, 0.29) is 5.82 Å². The molecule has 3 aromatic rings. The standard InChI is InChI=1S/C28H34FN/c1-3-5-6-7-8-9-11-22-12-15-24(16-13-22)25-17-19-28(30-21-25)26-18-14-23(10-4-2)20-27(26)29/h12-21H,3-11H2,1-2H3. The molecular weight excluding hydrogens is 369 g/mol. The third-order valence-corrected chi connectivity index (χ3v) is 5.72. The van der Waals surface area contributed by atoms with Gasteiger partial charge < -0.3 is 0 Å². The van der Waals surface area contributed by atoms with Gasteiger partial charge in [0.2, 0.25) is 0 Å². The van der Waals surface area contributed by atoms with Crippen molar-refractivity contribution >= 4 is 0 Å². The smallest absolute Gasteiger partial charge is 0.132 e. The zero-order valence-corrected chi connectivity index (χ0v) is 18.5. The summed E-state index contributed by atoms with van der Waals surface area (Å²) in [6, 6.07) is 18.2. The van der Waals surface area contributed by atoms with Gasteiger partial charge in [-0.05, 0) is 54.2 Å². The van der Waals surface area contributed by atoms with Crippen LogP contribution in [0.25, 0.3) is 22.4 Å². The number of pyridine rings is 1. The Morgan fingerprint density at radius 1 is 0.667 bits per heavy atom. The summed E-state index contributed by atoms with van der Waals surface area (Å²) in [5, 5.41) is 0. The van der Waals surface area contributed by atoms with Crippen LogP contribution in [0.15, 0.2) is 60.8 Å². The van der Waals surface area contributed by atoms with Crippen molar-refractivity contribution < 1.29 is 4.39 Å². The van der Waals surface area contributed by atoms with Gasteiger partial charge in [0.25, 0.3) is 0 Å². The van der Waals surface area contributed by atoms with Gasteiger partial charge in [0.1, 0.15) is 5.82 Å². The monoisotopic (exact) mass is 403 g/mol. The number of benzene rings is 2. The van der Waals surface area contributed by atoms with Crippen molar-refractivity contribution in [2.75, 3.05) is 0 Å². The molecular formula is C28H34FN. The van der Waals surface area contributed by atoms with Gasteiger partial charge in [-0.3, -0.25) is 4.98 Å². The van der Waals surface area contributed by atoms with Crippen LogP contribution in [-0.4, -0.2) is 4.98 Å². The highest BCUT2D eigenvalue weighted by Gasteiger charge is 2.08. The third-order valence-electron chi connectivity index (χ3n) is 5.72. The summed E-state index contributed by atoms with van der Waals surface area (Å²) in [7, 11) is 0. The van der Waals surface area contributed by atoms with E-state index < -0.39 is 0 Å². The molecule has 0 spiro atoms. The highest BCUT2D eigenvalue weighted by atomic mass is 19.1. The van der Waals surface area contributed by atoms with Crippen LogP contribution in [0.1, 0.15) is 69.9 Å². The Morgan fingerprint density at radius 3 is 2.03 bits per heavy atom. The fourth-order valence-electron chi connectivity index (χ4n) is 3.91. The third kappa shape index (κ3) is 6.26. The second kappa shape index (κ2) is 11.6. The molecule has 0 saturated heterocycles. The second-order valence-corrected chi connectivity index (χ2v) is 8.21. The topological polar surface area (TPSA) is 12.9 Å². The molecule has 2 aromatic carbocycles. The number of unbranched alkanes of at least 4 members (excludes halogenated alkanes) is 5. The molecule has 1 aromatic heterocycles. The number of hydrogen-bond acceptors (Lipinski definition) is 1. The van der Waals surface area contributed by atoms with E-state index in [4.69, 9.17) is 0 Å². The van der Waals surface area contributed by atoms with Crippen LogP contribution < -0.4 is 0 Å². The minimum Gasteiger partial charge on any atom is -0.256 e. The van der Waals surface area contributed by atoms with E-state index in [1.54, 1.807) is 6.07 Å². The molecule has 30 heavy (non-hydrogen) atoms. The Bertz CT molecular complexity index is 897. The van der Waals surface area contributed by atoms with Crippen molar-refractivity contribution in [2.24, 2.45) is 0 Å². The van der Waals surface area contributed by atoms with Gasteiger partial charge in [-0.15, -0.1) is 0 Å². The highest BCUT2D eigenvalue weighted by molar-refractivity contribution is 5.67. The number of hydrogen-bond donors (Lipinski definition) is 0. The molecule has 0 atom stereocenters. The quantitative estimate of drug-likeness (QED) is 0.293. The molecule has 3 rings (SSSR count). The van der Waals surface area contributed by atoms with Gasteiger partial charge >= 0.3 is 0 Å². The predicted octanol–water partition coefficient (Wildman–Crippen LogP) is 8.41. The largest absolute Gasteiger partial charge is 0.256 e. The van der Waals surface area contributed by atoms with E-state index >= 15 is 0 Å². The lowest BCUT2D eigenvalue weighted by Crippen LogP contribution is -1.92. The first-order valence-electron chi connectivity index (χ1n) is 11.6. The fourth-order valence-corrected chi connectivity index (χ4v) is 3.91. The van der Waals surface area contributed by atoms with Crippen LogP contribution in [0.5, 0.6) is 0 Å². The lowest BCUT2D eigenvalue weighted by Gasteiger charge is -2.08. The number of halogens is 1. The number of aromatic nitrogens is 1. The first-order chi connectivity index (χ1) is 14.7. The van der Waals surface area contributed by atoms with Gasteiger partial charge in [0.05, 0.1) is 5.69 Å². The molecule has 0 N–H and O–H groups in total. The van der Waals surface area contributed by atoms with Gasteiger partial charge in [-0.2, -0.15) is 0 Å². The Morgan fingerprint density at radius 2 is 1.37 bits per heavy atom. The molecule has 158 valence electrons. The van der Waals surface area contributed by atoms with E-state index in [0.717, 1.165) is 36.0 Å². The molecule has 0 bridgehead atoms. The Hall–Kier alpha value is -2.48. The number of rotatable bonds is 11. The maximum atomic E-state index is 14.5. The van der Waals surface area contributed by atoms with E-state index in [1.807, 2.05) is 30.5 Å². The summed E-state index contributed by atoms with van der Waals surface area (Å²) in [5.41, 5.74) is 5.89. The molecule has 0 amide bonds. The molecule has 0 aliphatic carbocycles. The number of aryl methyl sites for hydroxylation is 2. The molecule has 1 nitrogen and oxygen atoms in total. The van der Waals surface area contributed by atoms with Crippen LogP contribution in [0.4, 0.5) is 4.39 Å². The van der Waals surface area contributed by atoms with Gasteiger partial charge in [0.15, 0.2) is 0 Å². The molecule has 0 unspecified atom stereocenters. The predicted molar refractivity (Wildman–Crippen MR) is 126 cm³/mol. The summed E-state index contributed by atoms with van der Waals surface area (Å²) < 4.78 is 14.5. The summed E-state index contributed by atoms with van der Waals surface area (Å²) >= 11 is 0. The molecule has 0 aliphatic heterocycles. The molecule has 0 radical (unpaired) electrons. The zero-order chi connectivity index (χ0) is 21.2. The van der Waals surface area contributed by atoms with Crippen LogP contribution in [0.2, 0.25) is 0 Å². The maximum absolute atomic E-state index is 14.5. The highest BCUT2D eigenvalue weighted by Crippen LogP contribution is 2.26. The average Bonchev–Trinajstić information content (AvgIpc) is 2.77. The second-order valence-electron chi connectivity index (χ2n) is 8.21. The van der Waals surface area contributed by atoms with Crippen molar-refractivity contribution in [1.29, 1.82) is 0 Å². The van der Waals surface area contributed by atoms with E-state index in [9.17, 15) is 4.39 Å². The van der Waals surface area contributed by atoms with Crippen LogP contribution in [0, 0.1) is 5.82 Å². The molecule has 0 saturated carbocycles. The minimum atomic E-state index is -0.194. The normalized spacial score (nSPS) is 11.0. The first-order valence-corrected chi connectivity index (χ1v) is 11.6. The van der Waals surface area contributed by atoms with Crippen molar-refractivity contribution in [3.05, 3.63) is 77.7 Å². The van der Waals surface area contributed by atoms with Gasteiger partial charge in [-0.1, -0.05) is 88.8 Å². The summed E-state index contributed by atoms with van der Waals surface area (Å²) in [5.74, 6) is -0.194. The Labute approximate surface area is 181 Å². The maximum Gasteiger partial charge on any atom is 0.132 e. The first kappa shape index (κ1) is 22.2. The minimum absolute atomic E-state index is 0.194. The van der Waals surface area contributed by atoms with Gasteiger partial charge in [-0.25, -0.2) is 4.39 Å². The summed E-state index contributed by atoms with van der Waals surface area (Å²) in [6.07, 6.45) is 12.9. The zero-order valence-electron chi connectivity index (χ0n) is 18.5. The van der Waals surface area contributed by atoms with E-state index in [0.29, 0.717) is 11.3 Å². The summed E-state index contributed by atoms with van der Waals surface area (Å²) in [4.78, 5) is 4.53. The lowest BCUT2D eigenvalue weighted by atomic mass is 10.0.